The molecule has 1 fully saturated rings. The van der Waals surface area contributed by atoms with Crippen molar-refractivity contribution in [2.45, 2.75) is 39.0 Å². The van der Waals surface area contributed by atoms with E-state index in [4.69, 9.17) is 27.0 Å². The lowest BCUT2D eigenvalue weighted by molar-refractivity contribution is -0.132. The molecule has 0 aromatic heterocycles. The lowest BCUT2D eigenvalue weighted by Crippen LogP contribution is -2.32. The van der Waals surface area contributed by atoms with Crippen LogP contribution >= 0.6 is 0 Å². The van der Waals surface area contributed by atoms with Gasteiger partial charge in [-0.15, -0.1) is 0 Å². The first-order valence-corrected chi connectivity index (χ1v) is 12.5. The summed E-state index contributed by atoms with van der Waals surface area (Å²) in [5.41, 5.74) is 15.8. The zero-order valence-electron chi connectivity index (χ0n) is 21.4. The number of rotatable bonds is 9. The third-order valence-electron chi connectivity index (χ3n) is 6.74. The van der Waals surface area contributed by atoms with Gasteiger partial charge in [0.25, 0.3) is 0 Å². The number of fused-ring (bicyclic) bond motifs is 1. The van der Waals surface area contributed by atoms with Crippen molar-refractivity contribution in [3.8, 4) is 5.75 Å². The summed E-state index contributed by atoms with van der Waals surface area (Å²) < 4.78 is 6.24. The molecule has 0 spiro atoms. The molecule has 3 atom stereocenters. The Kier molecular flexibility index (Phi) is 8.15. The number of hydrogen-bond donors (Lipinski definition) is 4. The number of carboxylic acid groups (broad SMARTS) is 1. The number of allylic oxidation sites excluding steroid dienone is 1. The number of aliphatic carboxylic acids is 1. The number of nitrogens with two attached hydrogens (primary N) is 3. The summed E-state index contributed by atoms with van der Waals surface area (Å²) >= 11 is 0. The number of para-hydroxylation sites is 1. The third-order valence-corrected chi connectivity index (χ3v) is 6.74. The van der Waals surface area contributed by atoms with Crippen LogP contribution in [-0.2, 0) is 17.9 Å². The van der Waals surface area contributed by atoms with Gasteiger partial charge in [-0.1, -0.05) is 37.3 Å². The van der Waals surface area contributed by atoms with Crippen LogP contribution in [0.2, 0.25) is 0 Å². The van der Waals surface area contributed by atoms with Gasteiger partial charge in [0.2, 0.25) is 0 Å². The first-order valence-electron chi connectivity index (χ1n) is 12.5. The fraction of sp³-hybridized carbons (Fsp3) is 0.357. The molecule has 0 saturated heterocycles. The number of carbonyl (C=O) groups is 1. The second-order valence-electron chi connectivity index (χ2n) is 9.72. The smallest absolute Gasteiger partial charge is 0.339 e. The first-order chi connectivity index (χ1) is 17.8. The van der Waals surface area contributed by atoms with Crippen molar-refractivity contribution in [3.05, 3.63) is 83.3 Å². The zero-order chi connectivity index (χ0) is 26.5. The summed E-state index contributed by atoms with van der Waals surface area (Å²) in [6, 6.07) is 16.1. The molecule has 0 bridgehead atoms. The minimum Gasteiger partial charge on any atom is -0.489 e. The van der Waals surface area contributed by atoms with Gasteiger partial charge in [-0.05, 0) is 36.6 Å². The number of aliphatic imine (C=N–C) groups is 1. The summed E-state index contributed by atoms with van der Waals surface area (Å²) in [5.74, 6) is 5.35. The van der Waals surface area contributed by atoms with Crippen molar-refractivity contribution in [2.24, 2.45) is 34.1 Å². The minimum absolute atomic E-state index is 0.0149. The second-order valence-corrected chi connectivity index (χ2v) is 9.72. The van der Waals surface area contributed by atoms with E-state index < -0.39 is 5.97 Å². The van der Waals surface area contributed by atoms with Crippen LogP contribution in [0.3, 0.4) is 0 Å². The molecule has 2 aromatic rings. The first kappa shape index (κ1) is 26.2. The highest BCUT2D eigenvalue weighted by Gasteiger charge is 2.45. The van der Waals surface area contributed by atoms with Crippen molar-refractivity contribution >= 4 is 17.4 Å². The van der Waals surface area contributed by atoms with E-state index in [1.807, 2.05) is 36.4 Å². The van der Waals surface area contributed by atoms with Gasteiger partial charge in [-0.3, -0.25) is 9.89 Å². The van der Waals surface area contributed by atoms with Crippen LogP contribution in [0.1, 0.15) is 30.9 Å². The maximum Gasteiger partial charge on any atom is 0.339 e. The highest BCUT2D eigenvalue weighted by molar-refractivity contribution is 6.21. The van der Waals surface area contributed by atoms with E-state index in [0.717, 1.165) is 43.6 Å². The molecule has 196 valence electrons. The number of carboxylic acids is 1. The molecule has 7 N–H and O–H groups in total. The van der Waals surface area contributed by atoms with Gasteiger partial charge in [0.1, 0.15) is 11.9 Å². The van der Waals surface area contributed by atoms with Gasteiger partial charge in [-0.2, -0.15) is 0 Å². The van der Waals surface area contributed by atoms with E-state index in [0.29, 0.717) is 23.5 Å². The van der Waals surface area contributed by atoms with Gasteiger partial charge < -0.3 is 26.3 Å². The molecule has 37 heavy (non-hydrogen) atoms. The van der Waals surface area contributed by atoms with Crippen molar-refractivity contribution in [2.75, 3.05) is 13.6 Å². The Balaban J connectivity index is 1.59. The van der Waals surface area contributed by atoms with Crippen LogP contribution in [-0.4, -0.2) is 46.4 Å². The van der Waals surface area contributed by atoms with E-state index in [9.17, 15) is 9.90 Å². The SMILES string of the molecule is CC[C@@H]1CN(Cc2cccc(N=C(C(=CN)C(=O)O)[C@@H]3CC3/C(N)=C/N(C)N)c2)Cc2ccccc2O1. The van der Waals surface area contributed by atoms with Crippen LogP contribution < -0.4 is 22.0 Å². The molecule has 1 heterocycles. The van der Waals surface area contributed by atoms with E-state index in [1.165, 1.54) is 10.6 Å². The number of hydrazine groups is 1. The number of nitrogens with zero attached hydrogens (tertiary/aromatic N) is 3. The van der Waals surface area contributed by atoms with E-state index in [-0.39, 0.29) is 23.5 Å². The van der Waals surface area contributed by atoms with Crippen molar-refractivity contribution in [1.29, 1.82) is 0 Å². The van der Waals surface area contributed by atoms with Crippen LogP contribution in [0.4, 0.5) is 5.69 Å². The number of hydrogen-bond acceptors (Lipinski definition) is 8. The predicted molar refractivity (Wildman–Crippen MR) is 145 cm³/mol. The normalized spacial score (nSPS) is 22.6. The monoisotopic (exact) mass is 504 g/mol. The molecule has 0 radical (unpaired) electrons. The molecule has 1 saturated carbocycles. The van der Waals surface area contributed by atoms with Crippen molar-refractivity contribution in [3.63, 3.8) is 0 Å². The molecule has 2 aromatic carbocycles. The maximum atomic E-state index is 11.9. The van der Waals surface area contributed by atoms with Gasteiger partial charge in [0.15, 0.2) is 0 Å². The van der Waals surface area contributed by atoms with E-state index >= 15 is 0 Å². The van der Waals surface area contributed by atoms with Crippen LogP contribution in [0, 0.1) is 11.8 Å². The van der Waals surface area contributed by atoms with Crippen molar-refractivity contribution in [1.82, 2.24) is 9.91 Å². The maximum absolute atomic E-state index is 11.9. The minimum atomic E-state index is -1.12. The van der Waals surface area contributed by atoms with E-state index in [1.54, 1.807) is 13.2 Å². The Bertz CT molecular complexity index is 1220. The van der Waals surface area contributed by atoms with Crippen LogP contribution in [0.25, 0.3) is 0 Å². The molecule has 9 heteroatoms. The molecule has 2 aliphatic rings. The Morgan fingerprint density at radius 1 is 1.24 bits per heavy atom. The molecule has 9 nitrogen and oxygen atoms in total. The molecular weight excluding hydrogens is 468 g/mol. The summed E-state index contributed by atoms with van der Waals surface area (Å²) in [7, 11) is 1.69. The van der Waals surface area contributed by atoms with Crippen LogP contribution in [0.5, 0.6) is 5.75 Å². The van der Waals surface area contributed by atoms with Crippen molar-refractivity contribution < 1.29 is 14.6 Å². The molecule has 1 unspecified atom stereocenters. The van der Waals surface area contributed by atoms with Gasteiger partial charge in [0.05, 0.1) is 17.0 Å². The van der Waals surface area contributed by atoms with Gasteiger partial charge in [-0.25, -0.2) is 10.6 Å². The summed E-state index contributed by atoms with van der Waals surface area (Å²) in [4.78, 5) is 19.1. The lowest BCUT2D eigenvalue weighted by Gasteiger charge is -2.23. The molecule has 0 amide bonds. The van der Waals surface area contributed by atoms with E-state index in [2.05, 4.69) is 24.0 Å². The second kappa shape index (κ2) is 11.5. The average molecular weight is 505 g/mol. The summed E-state index contributed by atoms with van der Waals surface area (Å²) in [5, 5.41) is 11.2. The molecule has 1 aliphatic carbocycles. The molecule has 1 aliphatic heterocycles. The Morgan fingerprint density at radius 3 is 2.73 bits per heavy atom. The third kappa shape index (κ3) is 6.49. The predicted octanol–water partition coefficient (Wildman–Crippen LogP) is 3.10. The van der Waals surface area contributed by atoms with Gasteiger partial charge >= 0.3 is 5.97 Å². The summed E-state index contributed by atoms with van der Waals surface area (Å²) in [6.45, 7) is 4.46. The molecular formula is C28H36N6O3. The average Bonchev–Trinajstić information content (AvgIpc) is 3.66. The Labute approximate surface area is 217 Å². The Hall–Kier alpha value is -3.82. The largest absolute Gasteiger partial charge is 0.489 e. The lowest BCUT2D eigenvalue weighted by atomic mass is 10.0. The topological polar surface area (TPSA) is 143 Å². The fourth-order valence-corrected chi connectivity index (χ4v) is 4.82. The highest BCUT2D eigenvalue weighted by atomic mass is 16.5. The highest BCUT2D eigenvalue weighted by Crippen LogP contribution is 2.45. The van der Waals surface area contributed by atoms with Gasteiger partial charge in [0, 0.05) is 62.2 Å². The standard InChI is InChI=1S/C28H36N6O3/c1-3-21-16-34(15-19-8-4-5-10-26(19)37-21)14-18-7-6-9-20(11-18)32-27(24(13-29)28(35)36)23-12-22(23)25(30)17-33(2)31/h4-11,13,17,21-23H,3,12,14-16,29-31H2,1-2H3,(H,35,36)/b24-13?,25-17-,32-27?/t21-,22?,23-/m1/s1. The number of ether oxygens (including phenoxy) is 1. The van der Waals surface area contributed by atoms with Crippen LogP contribution in [0.15, 0.2) is 77.2 Å². The summed E-state index contributed by atoms with van der Waals surface area (Å²) in [6.07, 6.45) is 4.46. The zero-order valence-corrected chi connectivity index (χ0v) is 21.4. The number of benzene rings is 2. The quantitative estimate of drug-likeness (QED) is 0.177. The molecule has 4 rings (SSSR count). The fourth-order valence-electron chi connectivity index (χ4n) is 4.82. The Morgan fingerprint density at radius 2 is 2.03 bits per heavy atom.